The molecule has 0 atom stereocenters. The minimum absolute atomic E-state index is 0.759. The largest absolute Gasteiger partial charge is 0.462 e. The summed E-state index contributed by atoms with van der Waals surface area (Å²) >= 11 is 1.57. The molecule has 84 valence electrons. The molecular weight excluding hydrogens is 232 g/mol. The zero-order chi connectivity index (χ0) is 11.7. The molecule has 0 fully saturated rings. The van der Waals surface area contributed by atoms with E-state index >= 15 is 0 Å². The van der Waals surface area contributed by atoms with E-state index in [9.17, 15) is 0 Å². The summed E-state index contributed by atoms with van der Waals surface area (Å²) in [6, 6.07) is 11.5. The number of nitrogen functional groups attached to an aromatic ring is 1. The quantitative estimate of drug-likeness (QED) is 0.698. The predicted molar refractivity (Wildman–Crippen MR) is 69.7 cm³/mol. The van der Waals surface area contributed by atoms with E-state index in [0.29, 0.717) is 0 Å². The van der Waals surface area contributed by atoms with Gasteiger partial charge in [0.05, 0.1) is 12.0 Å². The van der Waals surface area contributed by atoms with Gasteiger partial charge < -0.3 is 10.2 Å². The molecular formula is C13H10N2OS. The van der Waals surface area contributed by atoms with E-state index in [1.54, 1.807) is 17.6 Å². The van der Waals surface area contributed by atoms with Crippen molar-refractivity contribution >= 4 is 17.0 Å². The maximum Gasteiger partial charge on any atom is 0.162 e. The van der Waals surface area contributed by atoms with E-state index in [4.69, 9.17) is 10.2 Å². The van der Waals surface area contributed by atoms with Crippen LogP contribution in [0.25, 0.3) is 22.0 Å². The third-order valence-corrected chi connectivity index (χ3v) is 3.30. The lowest BCUT2D eigenvalue weighted by molar-refractivity contribution is 0.582. The van der Waals surface area contributed by atoms with Gasteiger partial charge in [-0.05, 0) is 24.3 Å². The van der Waals surface area contributed by atoms with Crippen LogP contribution in [0.1, 0.15) is 0 Å². The number of aromatic nitrogens is 1. The van der Waals surface area contributed by atoms with Gasteiger partial charge in [-0.1, -0.05) is 12.1 Å². The van der Waals surface area contributed by atoms with Crippen LogP contribution in [0.2, 0.25) is 0 Å². The Kier molecular flexibility index (Phi) is 2.42. The number of furan rings is 1. The standard InChI is InChI=1S/C13H10N2OS/c14-10-5-3-9(4-6-10)11-8-17-13(15-11)12-2-1-7-16-12/h1-8H,14H2. The number of rotatable bonds is 2. The van der Waals surface area contributed by atoms with E-state index in [2.05, 4.69) is 4.98 Å². The molecule has 3 rings (SSSR count). The molecule has 0 radical (unpaired) electrons. The minimum atomic E-state index is 0.759. The second kappa shape index (κ2) is 4.07. The Labute approximate surface area is 103 Å². The van der Waals surface area contributed by atoms with Gasteiger partial charge >= 0.3 is 0 Å². The summed E-state index contributed by atoms with van der Waals surface area (Å²) in [5, 5.41) is 2.91. The molecule has 0 unspecified atom stereocenters. The molecule has 0 saturated carbocycles. The van der Waals surface area contributed by atoms with Crippen LogP contribution in [0, 0.1) is 0 Å². The second-order valence-corrected chi connectivity index (χ2v) is 4.50. The van der Waals surface area contributed by atoms with E-state index in [1.165, 1.54) is 0 Å². The number of hydrogen-bond acceptors (Lipinski definition) is 4. The summed E-state index contributed by atoms with van der Waals surface area (Å²) in [5.74, 6) is 0.802. The van der Waals surface area contributed by atoms with Crippen molar-refractivity contribution in [3.8, 4) is 22.0 Å². The zero-order valence-electron chi connectivity index (χ0n) is 8.96. The van der Waals surface area contributed by atoms with Gasteiger partial charge in [-0.25, -0.2) is 4.98 Å². The fraction of sp³-hybridized carbons (Fsp3) is 0. The number of nitrogens with zero attached hydrogens (tertiary/aromatic N) is 1. The van der Waals surface area contributed by atoms with Crippen molar-refractivity contribution in [2.45, 2.75) is 0 Å². The van der Waals surface area contributed by atoms with Crippen molar-refractivity contribution < 1.29 is 4.42 Å². The van der Waals surface area contributed by atoms with Gasteiger partial charge in [-0.15, -0.1) is 11.3 Å². The number of hydrogen-bond donors (Lipinski definition) is 1. The van der Waals surface area contributed by atoms with Gasteiger partial charge in [0.2, 0.25) is 0 Å². The summed E-state index contributed by atoms with van der Waals surface area (Å²) < 4.78 is 5.32. The molecule has 0 bridgehead atoms. The van der Waals surface area contributed by atoms with Crippen LogP contribution in [-0.4, -0.2) is 4.98 Å². The Morgan fingerprint density at radius 2 is 1.94 bits per heavy atom. The first-order valence-electron chi connectivity index (χ1n) is 5.18. The summed E-state index contributed by atoms with van der Waals surface area (Å²) in [4.78, 5) is 4.54. The Balaban J connectivity index is 1.98. The first-order chi connectivity index (χ1) is 8.33. The van der Waals surface area contributed by atoms with Crippen molar-refractivity contribution in [2.75, 3.05) is 5.73 Å². The van der Waals surface area contributed by atoms with Crippen LogP contribution < -0.4 is 5.73 Å². The summed E-state index contributed by atoms with van der Waals surface area (Å²) in [5.41, 5.74) is 8.42. The highest BCUT2D eigenvalue weighted by atomic mass is 32.1. The molecule has 0 saturated heterocycles. The highest BCUT2D eigenvalue weighted by molar-refractivity contribution is 7.13. The summed E-state index contributed by atoms with van der Waals surface area (Å²) in [6.07, 6.45) is 1.65. The van der Waals surface area contributed by atoms with Crippen LogP contribution in [0.5, 0.6) is 0 Å². The van der Waals surface area contributed by atoms with Gasteiger partial charge in [0.25, 0.3) is 0 Å². The monoisotopic (exact) mass is 242 g/mol. The highest BCUT2D eigenvalue weighted by Crippen LogP contribution is 2.29. The lowest BCUT2D eigenvalue weighted by Crippen LogP contribution is -1.84. The molecule has 3 nitrogen and oxygen atoms in total. The molecule has 1 aromatic carbocycles. The molecule has 2 heterocycles. The maximum absolute atomic E-state index is 5.65. The van der Waals surface area contributed by atoms with Gasteiger partial charge in [-0.2, -0.15) is 0 Å². The second-order valence-electron chi connectivity index (χ2n) is 3.64. The van der Waals surface area contributed by atoms with Crippen LogP contribution >= 0.6 is 11.3 Å². The maximum atomic E-state index is 5.65. The molecule has 0 aliphatic heterocycles. The van der Waals surface area contributed by atoms with Gasteiger partial charge in [-0.3, -0.25) is 0 Å². The van der Waals surface area contributed by atoms with E-state index < -0.39 is 0 Å². The fourth-order valence-electron chi connectivity index (χ4n) is 1.57. The topological polar surface area (TPSA) is 52.0 Å². The van der Waals surface area contributed by atoms with Gasteiger partial charge in [0, 0.05) is 16.6 Å². The third kappa shape index (κ3) is 1.94. The fourth-order valence-corrected chi connectivity index (χ4v) is 2.37. The van der Waals surface area contributed by atoms with Gasteiger partial charge in [0.1, 0.15) is 0 Å². The van der Waals surface area contributed by atoms with Crippen molar-refractivity contribution in [1.82, 2.24) is 4.98 Å². The first kappa shape index (κ1) is 10.1. The number of nitrogens with two attached hydrogens (primary N) is 1. The van der Waals surface area contributed by atoms with Crippen molar-refractivity contribution in [1.29, 1.82) is 0 Å². The average Bonchev–Trinajstić information content (AvgIpc) is 3.00. The average molecular weight is 242 g/mol. The zero-order valence-corrected chi connectivity index (χ0v) is 9.78. The molecule has 3 aromatic rings. The molecule has 0 amide bonds. The Hall–Kier alpha value is -2.07. The SMILES string of the molecule is Nc1ccc(-c2csc(-c3ccco3)n2)cc1. The van der Waals surface area contributed by atoms with Gasteiger partial charge in [0.15, 0.2) is 10.8 Å². The molecule has 2 aromatic heterocycles. The molecule has 17 heavy (non-hydrogen) atoms. The van der Waals surface area contributed by atoms with Crippen LogP contribution in [0.3, 0.4) is 0 Å². The smallest absolute Gasteiger partial charge is 0.162 e. The Bertz CT molecular complexity index is 611. The highest BCUT2D eigenvalue weighted by Gasteiger charge is 2.08. The first-order valence-corrected chi connectivity index (χ1v) is 6.06. The van der Waals surface area contributed by atoms with Crippen molar-refractivity contribution in [3.63, 3.8) is 0 Å². The lowest BCUT2D eigenvalue weighted by Gasteiger charge is -1.96. The molecule has 0 spiro atoms. The number of benzene rings is 1. The Morgan fingerprint density at radius 3 is 2.65 bits per heavy atom. The van der Waals surface area contributed by atoms with E-state index in [1.807, 2.05) is 41.8 Å². The summed E-state index contributed by atoms with van der Waals surface area (Å²) in [6.45, 7) is 0. The van der Waals surface area contributed by atoms with Crippen LogP contribution in [0.15, 0.2) is 52.5 Å². The normalized spacial score (nSPS) is 10.6. The third-order valence-electron chi connectivity index (χ3n) is 2.44. The summed E-state index contributed by atoms with van der Waals surface area (Å²) in [7, 11) is 0. The minimum Gasteiger partial charge on any atom is -0.462 e. The lowest BCUT2D eigenvalue weighted by atomic mass is 10.1. The molecule has 0 aliphatic carbocycles. The molecule has 2 N–H and O–H groups in total. The predicted octanol–water partition coefficient (Wildman–Crippen LogP) is 3.65. The Morgan fingerprint density at radius 1 is 1.12 bits per heavy atom. The van der Waals surface area contributed by atoms with E-state index in [-0.39, 0.29) is 0 Å². The molecule has 0 aliphatic rings. The van der Waals surface area contributed by atoms with Crippen molar-refractivity contribution in [3.05, 3.63) is 48.0 Å². The molecule has 4 heteroatoms. The van der Waals surface area contributed by atoms with Crippen LogP contribution in [-0.2, 0) is 0 Å². The van der Waals surface area contributed by atoms with Crippen molar-refractivity contribution in [2.24, 2.45) is 0 Å². The van der Waals surface area contributed by atoms with E-state index in [0.717, 1.165) is 27.7 Å². The number of anilines is 1. The van der Waals surface area contributed by atoms with Crippen LogP contribution in [0.4, 0.5) is 5.69 Å². The number of thiazole rings is 1.